The molecule has 1 aliphatic heterocycles. The first-order chi connectivity index (χ1) is 6.77. The van der Waals surface area contributed by atoms with Crippen LogP contribution in [0.15, 0.2) is 18.3 Å². The number of rotatable bonds is 1. The molecule has 2 heterocycles. The standard InChI is InChI=1S/C10H14ClN3/c1-14-5-4-12-7-10(14)9-6-8(11)2-3-13-9/h2-3,6,10,12H,4-5,7H2,1H3. The third kappa shape index (κ3) is 2.05. The van der Waals surface area contributed by atoms with E-state index >= 15 is 0 Å². The number of likely N-dealkylation sites (N-methyl/N-ethyl adjacent to an activating group) is 1. The van der Waals surface area contributed by atoms with E-state index in [1.807, 2.05) is 6.07 Å². The van der Waals surface area contributed by atoms with Gasteiger partial charge >= 0.3 is 0 Å². The van der Waals surface area contributed by atoms with Crippen molar-refractivity contribution in [3.8, 4) is 0 Å². The first-order valence-corrected chi connectivity index (χ1v) is 5.17. The molecule has 3 nitrogen and oxygen atoms in total. The number of piperazine rings is 1. The summed E-state index contributed by atoms with van der Waals surface area (Å²) in [5, 5.41) is 4.12. The quantitative estimate of drug-likeness (QED) is 0.760. The Kier molecular flexibility index (Phi) is 3.01. The van der Waals surface area contributed by atoms with Gasteiger partial charge in [0.2, 0.25) is 0 Å². The van der Waals surface area contributed by atoms with Crippen molar-refractivity contribution in [1.29, 1.82) is 0 Å². The van der Waals surface area contributed by atoms with Crippen LogP contribution in [0.3, 0.4) is 0 Å². The van der Waals surface area contributed by atoms with Crippen molar-refractivity contribution in [2.75, 3.05) is 26.7 Å². The summed E-state index contributed by atoms with van der Waals surface area (Å²) < 4.78 is 0. The molecule has 0 amide bonds. The van der Waals surface area contributed by atoms with E-state index in [-0.39, 0.29) is 0 Å². The van der Waals surface area contributed by atoms with Gasteiger partial charge in [-0.15, -0.1) is 0 Å². The molecule has 14 heavy (non-hydrogen) atoms. The molecule has 1 unspecified atom stereocenters. The number of nitrogens with zero attached hydrogens (tertiary/aromatic N) is 2. The molecule has 0 radical (unpaired) electrons. The van der Waals surface area contributed by atoms with Crippen molar-refractivity contribution in [3.63, 3.8) is 0 Å². The summed E-state index contributed by atoms with van der Waals surface area (Å²) in [5.41, 5.74) is 1.05. The minimum absolute atomic E-state index is 0.349. The van der Waals surface area contributed by atoms with E-state index < -0.39 is 0 Å². The fourth-order valence-electron chi connectivity index (χ4n) is 1.74. The average molecular weight is 212 g/mol. The lowest BCUT2D eigenvalue weighted by molar-refractivity contribution is 0.198. The summed E-state index contributed by atoms with van der Waals surface area (Å²) >= 11 is 5.93. The highest BCUT2D eigenvalue weighted by molar-refractivity contribution is 6.30. The summed E-state index contributed by atoms with van der Waals surface area (Å²) in [6.45, 7) is 3.05. The maximum Gasteiger partial charge on any atom is 0.0645 e. The Balaban J connectivity index is 2.20. The molecule has 1 N–H and O–H groups in total. The Hall–Kier alpha value is -0.640. The van der Waals surface area contributed by atoms with E-state index in [2.05, 4.69) is 22.2 Å². The summed E-state index contributed by atoms with van der Waals surface area (Å²) in [4.78, 5) is 6.65. The molecular formula is C10H14ClN3. The van der Waals surface area contributed by atoms with E-state index in [0.29, 0.717) is 6.04 Å². The van der Waals surface area contributed by atoms with E-state index in [4.69, 9.17) is 11.6 Å². The SMILES string of the molecule is CN1CCNCC1c1cc(Cl)ccn1. The lowest BCUT2D eigenvalue weighted by Crippen LogP contribution is -2.44. The molecule has 1 aliphatic rings. The molecule has 1 aromatic rings. The van der Waals surface area contributed by atoms with Crippen LogP contribution in [0.4, 0.5) is 0 Å². The summed E-state index contributed by atoms with van der Waals surface area (Å²) in [5.74, 6) is 0. The molecule has 0 aromatic carbocycles. The van der Waals surface area contributed by atoms with Crippen LogP contribution in [0.1, 0.15) is 11.7 Å². The van der Waals surface area contributed by atoms with Crippen molar-refractivity contribution in [2.24, 2.45) is 0 Å². The van der Waals surface area contributed by atoms with Crippen molar-refractivity contribution >= 4 is 11.6 Å². The van der Waals surface area contributed by atoms with Crippen LogP contribution >= 0.6 is 11.6 Å². The maximum absolute atomic E-state index is 5.93. The van der Waals surface area contributed by atoms with E-state index in [0.717, 1.165) is 30.4 Å². The summed E-state index contributed by atoms with van der Waals surface area (Å²) in [7, 11) is 2.12. The van der Waals surface area contributed by atoms with Gasteiger partial charge in [-0.05, 0) is 19.2 Å². The molecule has 76 valence electrons. The van der Waals surface area contributed by atoms with Gasteiger partial charge in [-0.3, -0.25) is 9.88 Å². The van der Waals surface area contributed by atoms with Gasteiger partial charge < -0.3 is 5.32 Å². The highest BCUT2D eigenvalue weighted by Crippen LogP contribution is 2.20. The first kappa shape index (κ1) is 9.90. The van der Waals surface area contributed by atoms with Crippen molar-refractivity contribution < 1.29 is 0 Å². The second-order valence-corrected chi connectivity index (χ2v) is 4.04. The normalized spacial score (nSPS) is 23.7. The van der Waals surface area contributed by atoms with Crippen LogP contribution in [0.5, 0.6) is 0 Å². The van der Waals surface area contributed by atoms with Crippen LogP contribution < -0.4 is 5.32 Å². The number of hydrogen-bond donors (Lipinski definition) is 1. The van der Waals surface area contributed by atoms with Crippen LogP contribution in [-0.2, 0) is 0 Å². The third-order valence-electron chi connectivity index (χ3n) is 2.60. The predicted octanol–water partition coefficient (Wildman–Crippen LogP) is 1.31. The fraction of sp³-hybridized carbons (Fsp3) is 0.500. The average Bonchev–Trinajstić information content (AvgIpc) is 2.18. The lowest BCUT2D eigenvalue weighted by atomic mass is 10.1. The molecule has 1 fully saturated rings. The first-order valence-electron chi connectivity index (χ1n) is 4.80. The van der Waals surface area contributed by atoms with Gasteiger partial charge in [0, 0.05) is 30.9 Å². The van der Waals surface area contributed by atoms with Crippen molar-refractivity contribution in [1.82, 2.24) is 15.2 Å². The van der Waals surface area contributed by atoms with E-state index in [1.165, 1.54) is 0 Å². The topological polar surface area (TPSA) is 28.2 Å². The van der Waals surface area contributed by atoms with Crippen molar-refractivity contribution in [2.45, 2.75) is 6.04 Å². The van der Waals surface area contributed by atoms with Gasteiger partial charge in [0.25, 0.3) is 0 Å². The Morgan fingerprint density at radius 3 is 3.21 bits per heavy atom. The largest absolute Gasteiger partial charge is 0.313 e. The minimum atomic E-state index is 0.349. The van der Waals surface area contributed by atoms with E-state index in [1.54, 1.807) is 12.3 Å². The molecule has 0 aliphatic carbocycles. The predicted molar refractivity (Wildman–Crippen MR) is 57.5 cm³/mol. The molecule has 0 bridgehead atoms. The van der Waals surface area contributed by atoms with E-state index in [9.17, 15) is 0 Å². The van der Waals surface area contributed by atoms with Crippen molar-refractivity contribution in [3.05, 3.63) is 29.0 Å². The van der Waals surface area contributed by atoms with Gasteiger partial charge in [-0.25, -0.2) is 0 Å². The molecule has 1 atom stereocenters. The van der Waals surface area contributed by atoms with Crippen LogP contribution in [-0.4, -0.2) is 36.6 Å². The number of pyridine rings is 1. The zero-order valence-corrected chi connectivity index (χ0v) is 8.96. The Bertz CT molecular complexity index is 316. The highest BCUT2D eigenvalue weighted by Gasteiger charge is 2.21. The lowest BCUT2D eigenvalue weighted by Gasteiger charge is -2.32. The number of halogens is 1. The van der Waals surface area contributed by atoms with Gasteiger partial charge in [0.1, 0.15) is 0 Å². The summed E-state index contributed by atoms with van der Waals surface area (Å²) in [6.07, 6.45) is 1.76. The number of hydrogen-bond acceptors (Lipinski definition) is 3. The zero-order valence-electron chi connectivity index (χ0n) is 8.20. The van der Waals surface area contributed by atoms with Crippen LogP contribution in [0.25, 0.3) is 0 Å². The Labute approximate surface area is 89.1 Å². The molecule has 1 aromatic heterocycles. The third-order valence-corrected chi connectivity index (χ3v) is 2.83. The molecule has 2 rings (SSSR count). The van der Waals surface area contributed by atoms with Gasteiger partial charge in [0.15, 0.2) is 0 Å². The molecule has 0 spiro atoms. The fourth-order valence-corrected chi connectivity index (χ4v) is 1.91. The minimum Gasteiger partial charge on any atom is -0.313 e. The Morgan fingerprint density at radius 1 is 1.64 bits per heavy atom. The Morgan fingerprint density at radius 2 is 2.50 bits per heavy atom. The number of nitrogens with one attached hydrogen (secondary N) is 1. The maximum atomic E-state index is 5.93. The monoisotopic (exact) mass is 211 g/mol. The van der Waals surface area contributed by atoms with Gasteiger partial charge in [-0.1, -0.05) is 11.6 Å². The summed E-state index contributed by atoms with van der Waals surface area (Å²) in [6, 6.07) is 4.10. The highest BCUT2D eigenvalue weighted by atomic mass is 35.5. The number of aromatic nitrogens is 1. The smallest absolute Gasteiger partial charge is 0.0645 e. The molecule has 0 saturated carbocycles. The molecule has 4 heteroatoms. The van der Waals surface area contributed by atoms with Crippen LogP contribution in [0.2, 0.25) is 5.02 Å². The second kappa shape index (κ2) is 4.26. The zero-order chi connectivity index (χ0) is 9.97. The van der Waals surface area contributed by atoms with Gasteiger partial charge in [-0.2, -0.15) is 0 Å². The molecule has 1 saturated heterocycles. The van der Waals surface area contributed by atoms with Crippen LogP contribution in [0, 0.1) is 0 Å². The molecular weight excluding hydrogens is 198 g/mol. The second-order valence-electron chi connectivity index (χ2n) is 3.60. The van der Waals surface area contributed by atoms with Gasteiger partial charge in [0.05, 0.1) is 11.7 Å².